The molecule has 0 bridgehead atoms. The highest BCUT2D eigenvalue weighted by Gasteiger charge is 2.24. The van der Waals surface area contributed by atoms with E-state index in [9.17, 15) is 19.8 Å². The standard InChI is InChI=1S/C46H81NO5/c1-4-7-10-13-16-19-22-23-24-27-30-33-36-39-46(51)52-42(37-34-31-28-25-20-17-14-11-8-5-2)40-45(50)47-43(41-48)44(49)38-35-32-29-26-21-18-15-12-9-6-3/h7,10,13,16,19,22-24,27,30,42-44,48-49H,4-6,8-9,11-12,14-15,17-18,20-21,25-26,28-29,31-41H2,1-3H3,(H,47,50)/b10-7+,16-13+,22-19-,24-23-,30-27+. The summed E-state index contributed by atoms with van der Waals surface area (Å²) in [5, 5.41) is 23.5. The van der Waals surface area contributed by atoms with Crippen molar-refractivity contribution >= 4 is 11.9 Å². The third kappa shape index (κ3) is 34.6. The van der Waals surface area contributed by atoms with Crippen LogP contribution in [0.25, 0.3) is 0 Å². The Balaban J connectivity index is 4.71. The fourth-order valence-corrected chi connectivity index (χ4v) is 6.22. The van der Waals surface area contributed by atoms with Gasteiger partial charge in [-0.05, 0) is 38.5 Å². The van der Waals surface area contributed by atoms with Crippen LogP contribution >= 0.6 is 0 Å². The zero-order valence-electron chi connectivity index (χ0n) is 33.9. The van der Waals surface area contributed by atoms with Gasteiger partial charge < -0.3 is 20.3 Å². The first-order valence-corrected chi connectivity index (χ1v) is 21.6. The Morgan fingerprint density at radius 1 is 0.577 bits per heavy atom. The van der Waals surface area contributed by atoms with Gasteiger partial charge in [-0.2, -0.15) is 0 Å². The van der Waals surface area contributed by atoms with Crippen LogP contribution < -0.4 is 5.32 Å². The van der Waals surface area contributed by atoms with E-state index in [1.165, 1.54) is 89.9 Å². The minimum absolute atomic E-state index is 0.0486. The quantitative estimate of drug-likeness (QED) is 0.0336. The van der Waals surface area contributed by atoms with E-state index >= 15 is 0 Å². The largest absolute Gasteiger partial charge is 0.462 e. The summed E-state index contributed by atoms with van der Waals surface area (Å²) < 4.78 is 5.84. The second-order valence-electron chi connectivity index (χ2n) is 14.5. The lowest BCUT2D eigenvalue weighted by molar-refractivity contribution is -0.151. The average Bonchev–Trinajstić information content (AvgIpc) is 3.13. The molecule has 0 aromatic carbocycles. The molecule has 6 heteroatoms. The highest BCUT2D eigenvalue weighted by atomic mass is 16.5. The number of allylic oxidation sites excluding steroid dienone is 10. The van der Waals surface area contributed by atoms with Gasteiger partial charge >= 0.3 is 5.97 Å². The number of esters is 1. The topological polar surface area (TPSA) is 95.9 Å². The first-order valence-electron chi connectivity index (χ1n) is 21.6. The molecule has 0 saturated carbocycles. The van der Waals surface area contributed by atoms with Crippen molar-refractivity contribution in [2.75, 3.05) is 6.61 Å². The molecular weight excluding hydrogens is 647 g/mol. The van der Waals surface area contributed by atoms with Gasteiger partial charge in [0.15, 0.2) is 0 Å². The van der Waals surface area contributed by atoms with Crippen LogP contribution in [0, 0.1) is 0 Å². The molecule has 0 spiro atoms. The third-order valence-electron chi connectivity index (χ3n) is 9.49. The molecule has 0 aromatic rings. The Bertz CT molecular complexity index is 952. The number of unbranched alkanes of at least 4 members (excludes halogenated alkanes) is 19. The van der Waals surface area contributed by atoms with Gasteiger partial charge in [-0.25, -0.2) is 0 Å². The summed E-state index contributed by atoms with van der Waals surface area (Å²) in [5.74, 6) is -0.567. The molecule has 0 aliphatic carbocycles. The Hall–Kier alpha value is -2.44. The van der Waals surface area contributed by atoms with Crippen LogP contribution in [-0.2, 0) is 14.3 Å². The molecule has 0 aliphatic rings. The van der Waals surface area contributed by atoms with E-state index in [-0.39, 0.29) is 24.9 Å². The number of ether oxygens (including phenoxy) is 1. The first kappa shape index (κ1) is 49.6. The number of aliphatic hydroxyl groups is 2. The van der Waals surface area contributed by atoms with Gasteiger partial charge in [0, 0.05) is 6.42 Å². The summed E-state index contributed by atoms with van der Waals surface area (Å²) in [6, 6.07) is -0.713. The van der Waals surface area contributed by atoms with Crippen molar-refractivity contribution in [2.45, 2.75) is 212 Å². The molecule has 0 heterocycles. The summed E-state index contributed by atoms with van der Waals surface area (Å²) in [4.78, 5) is 25.9. The van der Waals surface area contributed by atoms with Crippen molar-refractivity contribution in [3.8, 4) is 0 Å². The predicted octanol–water partition coefficient (Wildman–Crippen LogP) is 12.1. The van der Waals surface area contributed by atoms with Crippen LogP contribution in [0.1, 0.15) is 194 Å². The maximum Gasteiger partial charge on any atom is 0.306 e. The smallest absolute Gasteiger partial charge is 0.306 e. The highest BCUT2D eigenvalue weighted by molar-refractivity contribution is 5.77. The van der Waals surface area contributed by atoms with Crippen LogP contribution in [0.5, 0.6) is 0 Å². The Morgan fingerprint density at radius 3 is 1.50 bits per heavy atom. The molecule has 0 aromatic heterocycles. The molecule has 0 radical (unpaired) electrons. The van der Waals surface area contributed by atoms with Crippen molar-refractivity contribution < 1.29 is 24.5 Å². The van der Waals surface area contributed by atoms with E-state index in [1.54, 1.807) is 0 Å². The Kier molecular flexibility index (Phi) is 37.9. The van der Waals surface area contributed by atoms with Crippen LogP contribution in [-0.4, -0.2) is 46.9 Å². The lowest BCUT2D eigenvalue weighted by Gasteiger charge is -2.24. The summed E-state index contributed by atoms with van der Waals surface area (Å²) in [7, 11) is 0. The normalized spacial score (nSPS) is 14.0. The molecule has 300 valence electrons. The monoisotopic (exact) mass is 728 g/mol. The van der Waals surface area contributed by atoms with Crippen molar-refractivity contribution in [1.29, 1.82) is 0 Å². The molecule has 0 fully saturated rings. The lowest BCUT2D eigenvalue weighted by atomic mass is 10.0. The van der Waals surface area contributed by atoms with E-state index in [4.69, 9.17) is 4.74 Å². The predicted molar refractivity (Wildman–Crippen MR) is 222 cm³/mol. The number of carbonyl (C=O) groups excluding carboxylic acids is 2. The molecule has 1 amide bonds. The number of rotatable bonds is 37. The van der Waals surface area contributed by atoms with E-state index < -0.39 is 18.2 Å². The number of amides is 1. The van der Waals surface area contributed by atoms with Crippen LogP contribution in [0.2, 0.25) is 0 Å². The Labute approximate surface area is 320 Å². The summed E-state index contributed by atoms with van der Waals surface area (Å²) in [5.41, 5.74) is 0. The van der Waals surface area contributed by atoms with Gasteiger partial charge in [0.25, 0.3) is 0 Å². The number of nitrogens with one attached hydrogen (secondary N) is 1. The van der Waals surface area contributed by atoms with E-state index in [2.05, 4.69) is 32.2 Å². The van der Waals surface area contributed by atoms with Crippen LogP contribution in [0.3, 0.4) is 0 Å². The fourth-order valence-electron chi connectivity index (χ4n) is 6.22. The lowest BCUT2D eigenvalue weighted by Crippen LogP contribution is -2.46. The second kappa shape index (κ2) is 39.8. The minimum Gasteiger partial charge on any atom is -0.462 e. The fraction of sp³-hybridized carbons (Fsp3) is 0.739. The van der Waals surface area contributed by atoms with Gasteiger partial charge in [-0.3, -0.25) is 9.59 Å². The maximum atomic E-state index is 13.1. The van der Waals surface area contributed by atoms with Crippen molar-refractivity contribution in [1.82, 2.24) is 5.32 Å². The molecular formula is C46H81NO5. The zero-order chi connectivity index (χ0) is 38.2. The summed E-state index contributed by atoms with van der Waals surface area (Å²) in [6.07, 6.45) is 47.1. The molecule has 0 rings (SSSR count). The van der Waals surface area contributed by atoms with Gasteiger partial charge in [0.05, 0.1) is 25.2 Å². The van der Waals surface area contributed by atoms with Gasteiger partial charge in [-0.15, -0.1) is 0 Å². The van der Waals surface area contributed by atoms with Crippen LogP contribution in [0.4, 0.5) is 0 Å². The molecule has 3 N–H and O–H groups in total. The molecule has 52 heavy (non-hydrogen) atoms. The average molecular weight is 728 g/mol. The number of hydrogen-bond donors (Lipinski definition) is 3. The van der Waals surface area contributed by atoms with Gasteiger partial charge in [0.2, 0.25) is 5.91 Å². The number of aliphatic hydroxyl groups excluding tert-OH is 2. The van der Waals surface area contributed by atoms with E-state index in [0.717, 1.165) is 51.4 Å². The van der Waals surface area contributed by atoms with Crippen molar-refractivity contribution in [3.63, 3.8) is 0 Å². The van der Waals surface area contributed by atoms with Gasteiger partial charge in [0.1, 0.15) is 6.10 Å². The van der Waals surface area contributed by atoms with E-state index in [0.29, 0.717) is 25.7 Å². The Morgan fingerprint density at radius 2 is 1.02 bits per heavy atom. The van der Waals surface area contributed by atoms with E-state index in [1.807, 2.05) is 54.7 Å². The second-order valence-corrected chi connectivity index (χ2v) is 14.5. The summed E-state index contributed by atoms with van der Waals surface area (Å²) in [6.45, 7) is 6.27. The maximum absolute atomic E-state index is 13.1. The SMILES string of the molecule is CC/C=C/C=C/C=C\C=C/C=C/CCCC(=O)OC(CCCCCCCCCCCC)CC(=O)NC(CO)C(O)CCCCCCCCCCCC. The molecule has 0 aliphatic heterocycles. The highest BCUT2D eigenvalue weighted by Crippen LogP contribution is 2.17. The molecule has 6 nitrogen and oxygen atoms in total. The zero-order valence-corrected chi connectivity index (χ0v) is 33.9. The minimum atomic E-state index is -0.797. The number of hydrogen-bond acceptors (Lipinski definition) is 5. The number of carbonyl (C=O) groups is 2. The first-order chi connectivity index (χ1) is 25.5. The molecule has 3 unspecified atom stereocenters. The van der Waals surface area contributed by atoms with Crippen molar-refractivity contribution in [2.24, 2.45) is 0 Å². The summed E-state index contributed by atoms with van der Waals surface area (Å²) >= 11 is 0. The molecule has 0 saturated heterocycles. The van der Waals surface area contributed by atoms with Crippen molar-refractivity contribution in [3.05, 3.63) is 60.8 Å². The van der Waals surface area contributed by atoms with Crippen LogP contribution in [0.15, 0.2) is 60.8 Å². The third-order valence-corrected chi connectivity index (χ3v) is 9.49. The van der Waals surface area contributed by atoms with Gasteiger partial charge in [-0.1, -0.05) is 204 Å². The molecule has 3 atom stereocenters.